The van der Waals surface area contributed by atoms with Crippen LogP contribution in [-0.4, -0.2) is 25.5 Å². The van der Waals surface area contributed by atoms with Crippen LogP contribution in [0.15, 0.2) is 55.2 Å². The average molecular weight is 288 g/mol. The number of nitrogens with zero attached hydrogens (tertiary/aromatic N) is 4. The molecule has 0 amide bonds. The fourth-order valence-corrected chi connectivity index (χ4v) is 2.08. The summed E-state index contributed by atoms with van der Waals surface area (Å²) in [4.78, 5) is 19.9. The lowest BCUT2D eigenvalue weighted by molar-refractivity contribution is 0.103. The van der Waals surface area contributed by atoms with Crippen molar-refractivity contribution in [3.05, 3.63) is 77.6 Å². The van der Waals surface area contributed by atoms with E-state index in [1.165, 1.54) is 18.7 Å². The summed E-state index contributed by atoms with van der Waals surface area (Å²) in [6.07, 6.45) is 11.5. The molecule has 0 aliphatic carbocycles. The highest BCUT2D eigenvalue weighted by Crippen LogP contribution is 2.09. The normalized spacial score (nSPS) is 10.1. The number of carbonyl (C=O) groups excluding carboxylic acids is 1. The maximum absolute atomic E-state index is 12.2. The first-order valence-electron chi connectivity index (χ1n) is 6.65. The average Bonchev–Trinajstić information content (AvgIpc) is 3.03. The maximum atomic E-state index is 12.2. The van der Waals surface area contributed by atoms with Gasteiger partial charge in [-0.15, -0.1) is 6.42 Å². The van der Waals surface area contributed by atoms with Crippen molar-refractivity contribution < 1.29 is 4.79 Å². The van der Waals surface area contributed by atoms with Crippen LogP contribution < -0.4 is 0 Å². The number of benzene rings is 1. The lowest BCUT2D eigenvalue weighted by atomic mass is 10.1. The minimum Gasteiger partial charge on any atom is -0.287 e. The van der Waals surface area contributed by atoms with Gasteiger partial charge < -0.3 is 0 Å². The van der Waals surface area contributed by atoms with Crippen molar-refractivity contribution in [1.82, 2.24) is 19.7 Å². The molecule has 0 unspecified atom stereocenters. The van der Waals surface area contributed by atoms with Crippen LogP contribution in [0.4, 0.5) is 0 Å². The number of carbonyl (C=O) groups is 1. The second kappa shape index (κ2) is 6.02. The standard InChI is InChI=1S/C17H12N4O/c1-2-13-4-3-5-14(8-13)11-21-7-6-16(20-21)17(22)15-9-18-12-19-10-15/h1,3-10,12H,11H2. The number of hydrogen-bond acceptors (Lipinski definition) is 4. The highest BCUT2D eigenvalue weighted by Gasteiger charge is 2.12. The molecule has 3 aromatic rings. The Bertz CT molecular complexity index is 846. The van der Waals surface area contributed by atoms with Gasteiger partial charge in [0.2, 0.25) is 5.78 Å². The van der Waals surface area contributed by atoms with Crippen LogP contribution in [0.2, 0.25) is 0 Å². The number of hydrogen-bond donors (Lipinski definition) is 0. The minimum atomic E-state index is -0.197. The molecule has 0 atom stereocenters. The van der Waals surface area contributed by atoms with Crippen molar-refractivity contribution in [2.75, 3.05) is 0 Å². The first kappa shape index (κ1) is 13.7. The molecular formula is C17H12N4O. The van der Waals surface area contributed by atoms with E-state index in [2.05, 4.69) is 21.0 Å². The summed E-state index contributed by atoms with van der Waals surface area (Å²) in [5, 5.41) is 4.30. The van der Waals surface area contributed by atoms with E-state index >= 15 is 0 Å². The largest absolute Gasteiger partial charge is 0.287 e. The van der Waals surface area contributed by atoms with Gasteiger partial charge in [-0.2, -0.15) is 5.10 Å². The van der Waals surface area contributed by atoms with E-state index in [0.29, 0.717) is 17.8 Å². The lowest BCUT2D eigenvalue weighted by Gasteiger charge is -2.02. The van der Waals surface area contributed by atoms with E-state index in [1.807, 2.05) is 24.3 Å². The van der Waals surface area contributed by atoms with E-state index in [0.717, 1.165) is 11.1 Å². The Morgan fingerprint density at radius 1 is 1.23 bits per heavy atom. The molecule has 0 aliphatic rings. The van der Waals surface area contributed by atoms with Crippen molar-refractivity contribution in [3.63, 3.8) is 0 Å². The maximum Gasteiger partial charge on any atom is 0.216 e. The molecule has 0 saturated heterocycles. The highest BCUT2D eigenvalue weighted by molar-refractivity contribution is 6.07. The van der Waals surface area contributed by atoms with Crippen molar-refractivity contribution >= 4 is 5.78 Å². The van der Waals surface area contributed by atoms with Crippen molar-refractivity contribution in [1.29, 1.82) is 0 Å². The van der Waals surface area contributed by atoms with Gasteiger partial charge in [0.1, 0.15) is 12.0 Å². The van der Waals surface area contributed by atoms with Gasteiger partial charge in [-0.25, -0.2) is 9.97 Å². The van der Waals surface area contributed by atoms with Crippen molar-refractivity contribution in [3.8, 4) is 12.3 Å². The van der Waals surface area contributed by atoms with Crippen molar-refractivity contribution in [2.45, 2.75) is 6.54 Å². The molecule has 0 aliphatic heterocycles. The predicted molar refractivity (Wildman–Crippen MR) is 81.2 cm³/mol. The molecule has 0 saturated carbocycles. The Balaban J connectivity index is 1.79. The summed E-state index contributed by atoms with van der Waals surface area (Å²) in [5.74, 6) is 2.40. The molecule has 5 heteroatoms. The van der Waals surface area contributed by atoms with Crippen LogP contribution in [0.5, 0.6) is 0 Å². The van der Waals surface area contributed by atoms with Gasteiger partial charge in [0.25, 0.3) is 0 Å². The monoisotopic (exact) mass is 288 g/mol. The molecule has 3 rings (SSSR count). The topological polar surface area (TPSA) is 60.7 Å². The van der Waals surface area contributed by atoms with Gasteiger partial charge in [-0.1, -0.05) is 18.1 Å². The van der Waals surface area contributed by atoms with Crippen LogP contribution in [0.3, 0.4) is 0 Å². The molecule has 106 valence electrons. The van der Waals surface area contributed by atoms with E-state index in [4.69, 9.17) is 6.42 Å². The van der Waals surface area contributed by atoms with E-state index < -0.39 is 0 Å². The molecule has 0 spiro atoms. The number of terminal acetylenes is 1. The smallest absolute Gasteiger partial charge is 0.216 e. The SMILES string of the molecule is C#Cc1cccc(Cn2ccc(C(=O)c3cncnc3)n2)c1. The number of aromatic nitrogens is 4. The fourth-order valence-electron chi connectivity index (χ4n) is 2.08. The van der Waals surface area contributed by atoms with E-state index in [1.54, 1.807) is 16.9 Å². The molecular weight excluding hydrogens is 276 g/mol. The summed E-state index contributed by atoms with van der Waals surface area (Å²) in [7, 11) is 0. The number of rotatable bonds is 4. The molecule has 0 N–H and O–H groups in total. The minimum absolute atomic E-state index is 0.197. The quantitative estimate of drug-likeness (QED) is 0.543. The summed E-state index contributed by atoms with van der Waals surface area (Å²) < 4.78 is 1.70. The Morgan fingerprint density at radius 2 is 2.05 bits per heavy atom. The van der Waals surface area contributed by atoms with Gasteiger partial charge >= 0.3 is 0 Å². The molecule has 5 nitrogen and oxygen atoms in total. The zero-order valence-electron chi connectivity index (χ0n) is 11.7. The third kappa shape index (κ3) is 2.91. The number of ketones is 1. The van der Waals surface area contributed by atoms with E-state index in [9.17, 15) is 4.79 Å². The van der Waals surface area contributed by atoms with Crippen LogP contribution >= 0.6 is 0 Å². The Hall–Kier alpha value is -3.26. The Labute approximate surface area is 127 Å². The summed E-state index contributed by atoms with van der Waals surface area (Å²) in [5.41, 5.74) is 2.63. The first-order valence-corrected chi connectivity index (χ1v) is 6.65. The van der Waals surface area contributed by atoms with Crippen LogP contribution in [0.25, 0.3) is 0 Å². The molecule has 22 heavy (non-hydrogen) atoms. The lowest BCUT2D eigenvalue weighted by Crippen LogP contribution is -2.06. The van der Waals surface area contributed by atoms with Gasteiger partial charge in [-0.3, -0.25) is 9.48 Å². The van der Waals surface area contributed by atoms with Crippen molar-refractivity contribution in [2.24, 2.45) is 0 Å². The van der Waals surface area contributed by atoms with Crippen LogP contribution in [0.1, 0.15) is 27.2 Å². The second-order valence-corrected chi connectivity index (χ2v) is 4.70. The van der Waals surface area contributed by atoms with Gasteiger partial charge in [0, 0.05) is 24.2 Å². The fraction of sp³-hybridized carbons (Fsp3) is 0.0588. The first-order chi connectivity index (χ1) is 10.8. The molecule has 0 radical (unpaired) electrons. The molecule has 2 heterocycles. The third-order valence-corrected chi connectivity index (χ3v) is 3.13. The van der Waals surface area contributed by atoms with E-state index in [-0.39, 0.29) is 5.78 Å². The van der Waals surface area contributed by atoms with Gasteiger partial charge in [0.05, 0.1) is 12.1 Å². The molecule has 0 fully saturated rings. The molecule has 2 aromatic heterocycles. The second-order valence-electron chi connectivity index (χ2n) is 4.70. The molecule has 0 bridgehead atoms. The highest BCUT2D eigenvalue weighted by atomic mass is 16.1. The van der Waals surface area contributed by atoms with Crippen LogP contribution in [-0.2, 0) is 6.54 Å². The zero-order chi connectivity index (χ0) is 15.4. The summed E-state index contributed by atoms with van der Waals surface area (Å²) in [6, 6.07) is 9.35. The summed E-state index contributed by atoms with van der Waals surface area (Å²) >= 11 is 0. The van der Waals surface area contributed by atoms with Crippen LogP contribution in [0, 0.1) is 12.3 Å². The Morgan fingerprint density at radius 3 is 2.82 bits per heavy atom. The third-order valence-electron chi connectivity index (χ3n) is 3.13. The Kier molecular flexibility index (Phi) is 3.75. The molecule has 1 aromatic carbocycles. The predicted octanol–water partition coefficient (Wildman–Crippen LogP) is 1.93. The van der Waals surface area contributed by atoms with Gasteiger partial charge in [0.15, 0.2) is 0 Å². The van der Waals surface area contributed by atoms with Gasteiger partial charge in [-0.05, 0) is 23.8 Å². The summed E-state index contributed by atoms with van der Waals surface area (Å²) in [6.45, 7) is 0.550. The zero-order valence-corrected chi connectivity index (χ0v) is 11.7.